The first kappa shape index (κ1) is 10.0. The van der Waals surface area contributed by atoms with E-state index in [0.29, 0.717) is 11.3 Å². The summed E-state index contributed by atoms with van der Waals surface area (Å²) in [5.41, 5.74) is 6.37. The zero-order valence-electron chi connectivity index (χ0n) is 7.47. The van der Waals surface area contributed by atoms with Crippen molar-refractivity contribution < 1.29 is 10.0 Å². The lowest BCUT2D eigenvalue weighted by atomic mass is 10.2. The third-order valence-electron chi connectivity index (χ3n) is 1.61. The molecular formula is C9H11N3O2. The molecule has 0 aromatic heterocycles. The normalized spacial score (nSPS) is 10.3. The zero-order valence-corrected chi connectivity index (χ0v) is 7.47. The first-order chi connectivity index (χ1) is 6.74. The van der Waals surface area contributed by atoms with Crippen LogP contribution in [0.1, 0.15) is 5.56 Å². The van der Waals surface area contributed by atoms with Crippen LogP contribution in [0, 0.1) is 0 Å². The van der Waals surface area contributed by atoms with E-state index in [-0.39, 0.29) is 6.54 Å². The molecule has 0 aliphatic rings. The van der Waals surface area contributed by atoms with Crippen LogP contribution >= 0.6 is 0 Å². The molecule has 0 radical (unpaired) electrons. The van der Waals surface area contributed by atoms with Crippen molar-refractivity contribution in [2.45, 2.75) is 0 Å². The third kappa shape index (κ3) is 2.78. The number of oxime groups is 1. The Morgan fingerprint density at radius 2 is 2.29 bits per heavy atom. The molecule has 0 saturated heterocycles. The van der Waals surface area contributed by atoms with Crippen LogP contribution in [0.4, 0.5) is 5.69 Å². The van der Waals surface area contributed by atoms with Gasteiger partial charge in [-0.1, -0.05) is 23.4 Å². The molecule has 0 heterocycles. The lowest BCUT2D eigenvalue weighted by Crippen LogP contribution is -2.22. The van der Waals surface area contributed by atoms with Gasteiger partial charge in [-0.2, -0.15) is 0 Å². The number of para-hydroxylation sites is 1. The fourth-order valence-corrected chi connectivity index (χ4v) is 1.02. The summed E-state index contributed by atoms with van der Waals surface area (Å²) >= 11 is 0. The van der Waals surface area contributed by atoms with Gasteiger partial charge < -0.3 is 16.3 Å². The van der Waals surface area contributed by atoms with E-state index in [4.69, 9.17) is 10.9 Å². The number of carbonyl (C=O) groups excluding carboxylic acids is 1. The fourth-order valence-electron chi connectivity index (χ4n) is 1.02. The average molecular weight is 193 g/mol. The van der Waals surface area contributed by atoms with Crippen molar-refractivity contribution in [2.75, 3.05) is 11.9 Å². The Morgan fingerprint density at radius 3 is 2.93 bits per heavy atom. The summed E-state index contributed by atoms with van der Waals surface area (Å²) in [6.45, 7) is 0.0519. The molecule has 14 heavy (non-hydrogen) atoms. The maximum absolute atomic E-state index is 10.5. The maximum Gasteiger partial charge on any atom is 0.236 e. The number of hydrogen-bond donors (Lipinski definition) is 3. The van der Waals surface area contributed by atoms with Gasteiger partial charge in [0.25, 0.3) is 0 Å². The van der Waals surface area contributed by atoms with Gasteiger partial charge in [0.1, 0.15) is 0 Å². The van der Waals surface area contributed by atoms with Crippen LogP contribution < -0.4 is 11.1 Å². The molecule has 0 aliphatic carbocycles. The Morgan fingerprint density at radius 1 is 1.57 bits per heavy atom. The summed E-state index contributed by atoms with van der Waals surface area (Å²) in [4.78, 5) is 10.5. The summed E-state index contributed by atoms with van der Waals surface area (Å²) in [5.74, 6) is -0.444. The number of nitrogens with zero attached hydrogens (tertiary/aromatic N) is 1. The number of carbonyl (C=O) groups is 1. The molecule has 0 atom stereocenters. The summed E-state index contributed by atoms with van der Waals surface area (Å²) in [6.07, 6.45) is 1.28. The number of benzene rings is 1. The van der Waals surface area contributed by atoms with Crippen LogP contribution in [-0.2, 0) is 4.79 Å². The molecular weight excluding hydrogens is 182 g/mol. The van der Waals surface area contributed by atoms with E-state index in [0.717, 1.165) is 0 Å². The first-order valence-electron chi connectivity index (χ1n) is 4.02. The van der Waals surface area contributed by atoms with E-state index in [1.165, 1.54) is 6.21 Å². The predicted molar refractivity (Wildman–Crippen MR) is 53.5 cm³/mol. The van der Waals surface area contributed by atoms with Crippen LogP contribution in [0.3, 0.4) is 0 Å². The van der Waals surface area contributed by atoms with Crippen LogP contribution in [-0.4, -0.2) is 23.9 Å². The monoisotopic (exact) mass is 193 g/mol. The van der Waals surface area contributed by atoms with Gasteiger partial charge in [0.05, 0.1) is 12.8 Å². The number of rotatable bonds is 4. The van der Waals surface area contributed by atoms with Gasteiger partial charge in [0.15, 0.2) is 0 Å². The number of primary amides is 1. The topological polar surface area (TPSA) is 87.7 Å². The summed E-state index contributed by atoms with van der Waals surface area (Å²) in [5, 5.41) is 14.1. The zero-order chi connectivity index (χ0) is 10.4. The second-order valence-corrected chi connectivity index (χ2v) is 2.65. The minimum absolute atomic E-state index is 0.0519. The number of nitrogens with one attached hydrogen (secondary N) is 1. The number of nitrogens with two attached hydrogens (primary N) is 1. The highest BCUT2D eigenvalue weighted by Crippen LogP contribution is 2.11. The molecule has 4 N–H and O–H groups in total. The van der Waals surface area contributed by atoms with Gasteiger partial charge in [-0.05, 0) is 6.07 Å². The van der Waals surface area contributed by atoms with Crippen LogP contribution in [0.15, 0.2) is 29.4 Å². The lowest BCUT2D eigenvalue weighted by Gasteiger charge is -2.06. The van der Waals surface area contributed by atoms with E-state index in [9.17, 15) is 4.79 Å². The molecule has 0 saturated carbocycles. The minimum atomic E-state index is -0.444. The molecule has 1 aromatic rings. The molecule has 0 aliphatic heterocycles. The smallest absolute Gasteiger partial charge is 0.236 e. The Balaban J connectivity index is 2.79. The van der Waals surface area contributed by atoms with Crippen molar-refractivity contribution in [1.29, 1.82) is 0 Å². The van der Waals surface area contributed by atoms with Crippen molar-refractivity contribution in [3.05, 3.63) is 29.8 Å². The van der Waals surface area contributed by atoms with Gasteiger partial charge in [-0.25, -0.2) is 0 Å². The molecule has 5 heteroatoms. The Hall–Kier alpha value is -2.04. The van der Waals surface area contributed by atoms with E-state index >= 15 is 0 Å². The second-order valence-electron chi connectivity index (χ2n) is 2.65. The quantitative estimate of drug-likeness (QED) is 0.367. The average Bonchev–Trinajstić information content (AvgIpc) is 2.17. The van der Waals surface area contributed by atoms with Gasteiger partial charge in [0.2, 0.25) is 5.91 Å². The molecule has 1 aromatic carbocycles. The highest BCUT2D eigenvalue weighted by Gasteiger charge is 1.99. The van der Waals surface area contributed by atoms with Gasteiger partial charge in [-0.15, -0.1) is 0 Å². The highest BCUT2D eigenvalue weighted by molar-refractivity contribution is 5.88. The SMILES string of the molecule is NC(=O)CNc1ccccc1C=NO. The number of anilines is 1. The van der Waals surface area contributed by atoms with Crippen molar-refractivity contribution in [3.8, 4) is 0 Å². The fraction of sp³-hybridized carbons (Fsp3) is 0.111. The predicted octanol–water partition coefficient (Wildman–Crippen LogP) is 0.392. The lowest BCUT2D eigenvalue weighted by molar-refractivity contribution is -0.116. The third-order valence-corrected chi connectivity index (χ3v) is 1.61. The van der Waals surface area contributed by atoms with E-state index < -0.39 is 5.91 Å². The van der Waals surface area contributed by atoms with Crippen molar-refractivity contribution >= 4 is 17.8 Å². The van der Waals surface area contributed by atoms with E-state index in [1.54, 1.807) is 24.3 Å². The van der Waals surface area contributed by atoms with Crippen molar-refractivity contribution in [1.82, 2.24) is 0 Å². The molecule has 0 fully saturated rings. The summed E-state index contributed by atoms with van der Waals surface area (Å²) in [6, 6.07) is 7.12. The van der Waals surface area contributed by atoms with E-state index in [1.807, 2.05) is 0 Å². The Bertz CT molecular complexity index is 350. The molecule has 0 unspecified atom stereocenters. The van der Waals surface area contributed by atoms with Crippen molar-refractivity contribution in [2.24, 2.45) is 10.9 Å². The summed E-state index contributed by atoms with van der Waals surface area (Å²) < 4.78 is 0. The Kier molecular flexibility index (Phi) is 3.49. The van der Waals surface area contributed by atoms with Crippen LogP contribution in [0.5, 0.6) is 0 Å². The maximum atomic E-state index is 10.5. The molecule has 5 nitrogen and oxygen atoms in total. The van der Waals surface area contributed by atoms with Gasteiger partial charge in [-0.3, -0.25) is 4.79 Å². The Labute approximate surface area is 81.2 Å². The molecule has 74 valence electrons. The minimum Gasteiger partial charge on any atom is -0.411 e. The van der Waals surface area contributed by atoms with Gasteiger partial charge in [0, 0.05) is 11.3 Å². The van der Waals surface area contributed by atoms with Crippen LogP contribution in [0.2, 0.25) is 0 Å². The summed E-state index contributed by atoms with van der Waals surface area (Å²) in [7, 11) is 0. The van der Waals surface area contributed by atoms with Gasteiger partial charge >= 0.3 is 0 Å². The molecule has 1 amide bonds. The number of hydrogen-bond acceptors (Lipinski definition) is 4. The second kappa shape index (κ2) is 4.86. The van der Waals surface area contributed by atoms with Crippen LogP contribution in [0.25, 0.3) is 0 Å². The number of amides is 1. The molecule has 0 spiro atoms. The van der Waals surface area contributed by atoms with E-state index in [2.05, 4.69) is 10.5 Å². The molecule has 0 bridgehead atoms. The van der Waals surface area contributed by atoms with Crippen molar-refractivity contribution in [3.63, 3.8) is 0 Å². The first-order valence-corrected chi connectivity index (χ1v) is 4.02. The highest BCUT2D eigenvalue weighted by atomic mass is 16.4. The molecule has 1 rings (SSSR count). The standard InChI is InChI=1S/C9H11N3O2/c10-9(13)6-11-8-4-2-1-3-7(8)5-12-14/h1-5,11,14H,6H2,(H2,10,13). The largest absolute Gasteiger partial charge is 0.411 e.